The Kier molecular flexibility index (Phi) is 5.12. The van der Waals surface area contributed by atoms with E-state index in [2.05, 4.69) is 10.6 Å². The molecule has 0 heterocycles. The highest BCUT2D eigenvalue weighted by molar-refractivity contribution is 6.30. The third-order valence-corrected chi connectivity index (χ3v) is 3.21. The first kappa shape index (κ1) is 16.0. The molecule has 0 spiro atoms. The minimum absolute atomic E-state index is 0.182. The number of hydrogen-bond acceptors (Lipinski definition) is 2. The van der Waals surface area contributed by atoms with Gasteiger partial charge in [0.05, 0.1) is 6.54 Å². The van der Waals surface area contributed by atoms with Crippen LogP contribution in [0.1, 0.15) is 15.9 Å². The van der Waals surface area contributed by atoms with Gasteiger partial charge in [0.15, 0.2) is 0 Å². The average Bonchev–Trinajstić information content (AvgIpc) is 2.48. The predicted octanol–water partition coefficient (Wildman–Crippen LogP) is 3.16. The first-order valence-electron chi connectivity index (χ1n) is 6.55. The lowest BCUT2D eigenvalue weighted by molar-refractivity contribution is -0.115. The van der Waals surface area contributed by atoms with Crippen molar-refractivity contribution in [1.82, 2.24) is 5.32 Å². The summed E-state index contributed by atoms with van der Waals surface area (Å²) in [5, 5.41) is 5.73. The normalized spacial score (nSPS) is 10.1. The van der Waals surface area contributed by atoms with Gasteiger partial charge in [-0.25, -0.2) is 4.39 Å². The molecule has 114 valence electrons. The fourth-order valence-corrected chi connectivity index (χ4v) is 2.05. The molecule has 2 N–H and O–H groups in total. The van der Waals surface area contributed by atoms with Crippen molar-refractivity contribution < 1.29 is 14.0 Å². The second kappa shape index (κ2) is 7.04. The molecule has 2 amide bonds. The lowest BCUT2D eigenvalue weighted by Crippen LogP contribution is -2.33. The Labute approximate surface area is 132 Å². The largest absolute Gasteiger partial charge is 0.343 e. The standard InChI is InChI=1S/C16H14ClFN2O2/c1-10-8-12(17)4-7-14(10)20-15(21)9-19-16(22)11-2-5-13(18)6-3-11/h2-8H,9H2,1H3,(H,19,22)(H,20,21). The van der Waals surface area contributed by atoms with Crippen molar-refractivity contribution in [2.45, 2.75) is 6.92 Å². The van der Waals surface area contributed by atoms with Gasteiger partial charge in [0.1, 0.15) is 5.82 Å². The Balaban J connectivity index is 1.89. The molecule has 0 unspecified atom stereocenters. The van der Waals surface area contributed by atoms with E-state index in [-0.39, 0.29) is 18.0 Å². The Bertz CT molecular complexity index is 702. The van der Waals surface area contributed by atoms with E-state index in [9.17, 15) is 14.0 Å². The Hall–Kier alpha value is -2.40. The third kappa shape index (κ3) is 4.30. The van der Waals surface area contributed by atoms with Crippen LogP contribution in [-0.4, -0.2) is 18.4 Å². The number of carbonyl (C=O) groups is 2. The molecule has 0 aliphatic rings. The molecule has 0 aliphatic carbocycles. The highest BCUT2D eigenvalue weighted by Crippen LogP contribution is 2.19. The third-order valence-electron chi connectivity index (χ3n) is 2.98. The molecule has 0 aliphatic heterocycles. The number of amides is 2. The van der Waals surface area contributed by atoms with Gasteiger partial charge in [0.25, 0.3) is 5.91 Å². The summed E-state index contributed by atoms with van der Waals surface area (Å²) in [5.41, 5.74) is 1.74. The summed E-state index contributed by atoms with van der Waals surface area (Å²) in [5.74, 6) is -1.23. The van der Waals surface area contributed by atoms with Crippen LogP contribution < -0.4 is 10.6 Å². The molecule has 0 bridgehead atoms. The van der Waals surface area contributed by atoms with Gasteiger partial charge >= 0.3 is 0 Å². The summed E-state index contributed by atoms with van der Waals surface area (Å²) in [4.78, 5) is 23.6. The highest BCUT2D eigenvalue weighted by Gasteiger charge is 2.09. The Morgan fingerprint density at radius 2 is 1.82 bits per heavy atom. The van der Waals surface area contributed by atoms with Crippen LogP contribution >= 0.6 is 11.6 Å². The minimum Gasteiger partial charge on any atom is -0.343 e. The molecule has 22 heavy (non-hydrogen) atoms. The molecule has 2 aromatic carbocycles. The van der Waals surface area contributed by atoms with Crippen molar-refractivity contribution >= 4 is 29.1 Å². The molecule has 0 radical (unpaired) electrons. The van der Waals surface area contributed by atoms with Crippen molar-refractivity contribution in [3.8, 4) is 0 Å². The lowest BCUT2D eigenvalue weighted by atomic mass is 10.2. The number of hydrogen-bond donors (Lipinski definition) is 2. The number of halogens is 2. The summed E-state index contributed by atoms with van der Waals surface area (Å²) < 4.78 is 12.8. The van der Waals surface area contributed by atoms with E-state index in [0.717, 1.165) is 5.56 Å². The molecular weight excluding hydrogens is 307 g/mol. The number of rotatable bonds is 4. The van der Waals surface area contributed by atoms with Crippen LogP contribution in [0, 0.1) is 12.7 Å². The van der Waals surface area contributed by atoms with Gasteiger partial charge in [-0.2, -0.15) is 0 Å². The summed E-state index contributed by atoms with van der Waals surface area (Å²) in [6.45, 7) is 1.64. The monoisotopic (exact) mass is 320 g/mol. The van der Waals surface area contributed by atoms with E-state index in [1.54, 1.807) is 18.2 Å². The first-order chi connectivity index (χ1) is 10.5. The maximum atomic E-state index is 12.8. The van der Waals surface area contributed by atoms with E-state index in [0.29, 0.717) is 10.7 Å². The van der Waals surface area contributed by atoms with Crippen molar-refractivity contribution in [3.05, 3.63) is 64.4 Å². The van der Waals surface area contributed by atoms with Crippen LogP contribution in [0.5, 0.6) is 0 Å². The smallest absolute Gasteiger partial charge is 0.251 e. The predicted molar refractivity (Wildman–Crippen MR) is 83.6 cm³/mol. The Morgan fingerprint density at radius 3 is 2.45 bits per heavy atom. The van der Waals surface area contributed by atoms with Crippen LogP contribution in [0.3, 0.4) is 0 Å². The second-order valence-corrected chi connectivity index (χ2v) is 5.13. The molecular formula is C16H14ClFN2O2. The molecule has 2 aromatic rings. The fraction of sp³-hybridized carbons (Fsp3) is 0.125. The maximum Gasteiger partial charge on any atom is 0.251 e. The van der Waals surface area contributed by atoms with Gasteiger partial charge in [0, 0.05) is 16.3 Å². The fourth-order valence-electron chi connectivity index (χ4n) is 1.83. The summed E-state index contributed by atoms with van der Waals surface area (Å²) in [7, 11) is 0. The van der Waals surface area contributed by atoms with Crippen LogP contribution in [0.4, 0.5) is 10.1 Å². The van der Waals surface area contributed by atoms with Gasteiger partial charge < -0.3 is 10.6 Å². The van der Waals surface area contributed by atoms with Gasteiger partial charge in [-0.1, -0.05) is 11.6 Å². The lowest BCUT2D eigenvalue weighted by Gasteiger charge is -2.09. The van der Waals surface area contributed by atoms with Crippen LogP contribution in [0.15, 0.2) is 42.5 Å². The molecule has 0 saturated heterocycles. The van der Waals surface area contributed by atoms with Gasteiger partial charge in [0.2, 0.25) is 5.91 Å². The quantitative estimate of drug-likeness (QED) is 0.909. The van der Waals surface area contributed by atoms with E-state index in [4.69, 9.17) is 11.6 Å². The van der Waals surface area contributed by atoms with Gasteiger partial charge in [-0.05, 0) is 55.0 Å². The van der Waals surface area contributed by atoms with Crippen molar-refractivity contribution in [3.63, 3.8) is 0 Å². The number of anilines is 1. The van der Waals surface area contributed by atoms with Crippen molar-refractivity contribution in [2.75, 3.05) is 11.9 Å². The molecule has 4 nitrogen and oxygen atoms in total. The maximum absolute atomic E-state index is 12.8. The molecule has 2 rings (SSSR count). The Morgan fingerprint density at radius 1 is 1.14 bits per heavy atom. The molecule has 6 heteroatoms. The average molecular weight is 321 g/mol. The van der Waals surface area contributed by atoms with Crippen molar-refractivity contribution in [2.24, 2.45) is 0 Å². The van der Waals surface area contributed by atoms with E-state index < -0.39 is 11.7 Å². The zero-order valence-corrected chi connectivity index (χ0v) is 12.6. The molecule has 0 saturated carbocycles. The highest BCUT2D eigenvalue weighted by atomic mass is 35.5. The summed E-state index contributed by atoms with van der Waals surface area (Å²) in [6, 6.07) is 10.2. The molecule has 0 fully saturated rings. The zero-order chi connectivity index (χ0) is 16.1. The number of benzene rings is 2. The van der Waals surface area contributed by atoms with Crippen LogP contribution in [0.25, 0.3) is 0 Å². The van der Waals surface area contributed by atoms with E-state index in [1.165, 1.54) is 24.3 Å². The summed E-state index contributed by atoms with van der Waals surface area (Å²) >= 11 is 5.84. The number of aryl methyl sites for hydroxylation is 1. The minimum atomic E-state index is -0.442. The van der Waals surface area contributed by atoms with Gasteiger partial charge in [-0.3, -0.25) is 9.59 Å². The van der Waals surface area contributed by atoms with Crippen molar-refractivity contribution in [1.29, 1.82) is 0 Å². The van der Waals surface area contributed by atoms with E-state index in [1.807, 2.05) is 6.92 Å². The SMILES string of the molecule is Cc1cc(Cl)ccc1NC(=O)CNC(=O)c1ccc(F)cc1. The summed E-state index contributed by atoms with van der Waals surface area (Å²) in [6.07, 6.45) is 0. The first-order valence-corrected chi connectivity index (χ1v) is 6.93. The number of nitrogens with one attached hydrogen (secondary N) is 2. The van der Waals surface area contributed by atoms with Crippen LogP contribution in [-0.2, 0) is 4.79 Å². The number of carbonyl (C=O) groups excluding carboxylic acids is 2. The van der Waals surface area contributed by atoms with E-state index >= 15 is 0 Å². The molecule has 0 aromatic heterocycles. The topological polar surface area (TPSA) is 58.2 Å². The zero-order valence-electron chi connectivity index (χ0n) is 11.8. The van der Waals surface area contributed by atoms with Gasteiger partial charge in [-0.15, -0.1) is 0 Å². The molecule has 0 atom stereocenters. The second-order valence-electron chi connectivity index (χ2n) is 4.70. The van der Waals surface area contributed by atoms with Crippen LogP contribution in [0.2, 0.25) is 5.02 Å².